The van der Waals surface area contributed by atoms with Gasteiger partial charge in [-0.3, -0.25) is 24.8 Å². The number of nitro benzene ring substituents is 1. The van der Waals surface area contributed by atoms with Gasteiger partial charge in [-0.25, -0.2) is 0 Å². The molecule has 0 amide bonds. The van der Waals surface area contributed by atoms with Gasteiger partial charge in [-0.2, -0.15) is 5.10 Å². The van der Waals surface area contributed by atoms with Crippen LogP contribution in [-0.2, 0) is 20.3 Å². The van der Waals surface area contributed by atoms with Gasteiger partial charge >= 0.3 is 0 Å². The molecule has 0 saturated carbocycles. The molecule has 0 aliphatic carbocycles. The molecule has 0 fully saturated rings. The number of anilines is 1. The van der Waals surface area contributed by atoms with E-state index in [4.69, 9.17) is 15.2 Å². The molecule has 0 saturated heterocycles. The van der Waals surface area contributed by atoms with Gasteiger partial charge in [0.15, 0.2) is 7.05 Å². The molecule has 5 aromatic rings. The van der Waals surface area contributed by atoms with Crippen LogP contribution in [0.2, 0.25) is 0 Å². The number of hydrogen-bond acceptors (Lipinski definition) is 9. The predicted octanol–water partition coefficient (Wildman–Crippen LogP) is 5.03. The first kappa shape index (κ1) is 29.6. The molecule has 222 valence electrons. The van der Waals surface area contributed by atoms with E-state index in [1.807, 2.05) is 72.5 Å². The fourth-order valence-corrected chi connectivity index (χ4v) is 4.50. The van der Waals surface area contributed by atoms with Crippen LogP contribution in [0.15, 0.2) is 103 Å². The number of rotatable bonds is 9. The lowest BCUT2D eigenvalue weighted by Crippen LogP contribution is -2.12. The van der Waals surface area contributed by atoms with Gasteiger partial charge in [0, 0.05) is 49.0 Å². The second-order valence-corrected chi connectivity index (χ2v) is 9.73. The van der Waals surface area contributed by atoms with Crippen LogP contribution in [0.25, 0.3) is 11.3 Å². The highest BCUT2D eigenvalue weighted by molar-refractivity contribution is 6.07. The molecule has 0 atom stereocenters. The van der Waals surface area contributed by atoms with Gasteiger partial charge in [-0.05, 0) is 59.7 Å². The molecule has 12 nitrogen and oxygen atoms in total. The number of hydrazone groups is 1. The van der Waals surface area contributed by atoms with Crippen LogP contribution in [0.3, 0.4) is 0 Å². The summed E-state index contributed by atoms with van der Waals surface area (Å²) in [4.78, 5) is 19.1. The number of aryl methyl sites for hydroxylation is 1. The zero-order valence-corrected chi connectivity index (χ0v) is 24.3. The van der Waals surface area contributed by atoms with Crippen molar-refractivity contribution in [2.75, 3.05) is 12.8 Å². The monoisotopic (exact) mass is 591 g/mol. The average Bonchev–Trinajstić information content (AvgIpc) is 3.68. The Labute approximate surface area is 253 Å². The highest BCUT2D eigenvalue weighted by Crippen LogP contribution is 2.33. The number of hydrogen-bond donors (Lipinski definition) is 1. The molecule has 4 heterocycles. The summed E-state index contributed by atoms with van der Waals surface area (Å²) >= 11 is 0. The maximum Gasteiger partial charge on any atom is 0.270 e. The molecule has 12 heteroatoms. The van der Waals surface area contributed by atoms with Crippen LogP contribution >= 0.6 is 0 Å². The third-order valence-corrected chi connectivity index (χ3v) is 6.72. The SMILES string of the molecule is C[N+]1=C(c2cc(N)ccc2OCc2ccccn2)CC=N1.Cn1nccc1-c1cc([N+](=O)[O-])ccc1OCc1ccccn1. The first-order valence-electron chi connectivity index (χ1n) is 13.7. The maximum atomic E-state index is 11.0. The molecule has 6 rings (SSSR count). The van der Waals surface area contributed by atoms with E-state index in [0.717, 1.165) is 40.5 Å². The summed E-state index contributed by atoms with van der Waals surface area (Å²) in [6.07, 6.45) is 7.74. The third-order valence-electron chi connectivity index (χ3n) is 6.72. The van der Waals surface area contributed by atoms with Crippen LogP contribution in [0.1, 0.15) is 23.4 Å². The van der Waals surface area contributed by atoms with Gasteiger partial charge < -0.3 is 15.2 Å². The lowest BCUT2D eigenvalue weighted by molar-refractivity contribution is -0.498. The predicted molar refractivity (Wildman–Crippen MR) is 167 cm³/mol. The first-order valence-corrected chi connectivity index (χ1v) is 13.7. The fraction of sp³-hybridized carbons (Fsp3) is 0.156. The molecule has 0 unspecified atom stereocenters. The van der Waals surface area contributed by atoms with Crippen molar-refractivity contribution in [1.29, 1.82) is 0 Å². The Morgan fingerprint density at radius 3 is 2.09 bits per heavy atom. The molecule has 2 aromatic carbocycles. The first-order chi connectivity index (χ1) is 21.4. The number of nitrogens with two attached hydrogens (primary N) is 1. The molecule has 0 bridgehead atoms. The highest BCUT2D eigenvalue weighted by Gasteiger charge is 2.23. The third kappa shape index (κ3) is 7.29. The fourth-order valence-electron chi connectivity index (χ4n) is 4.50. The Morgan fingerprint density at radius 2 is 1.55 bits per heavy atom. The van der Waals surface area contributed by atoms with Crippen molar-refractivity contribution in [3.63, 3.8) is 0 Å². The molecule has 0 radical (unpaired) electrons. The van der Waals surface area contributed by atoms with E-state index < -0.39 is 4.92 Å². The van der Waals surface area contributed by atoms with Crippen molar-refractivity contribution < 1.29 is 19.1 Å². The number of non-ortho nitro benzene ring substituents is 1. The van der Waals surface area contributed by atoms with Crippen molar-refractivity contribution in [1.82, 2.24) is 19.7 Å². The maximum absolute atomic E-state index is 11.0. The summed E-state index contributed by atoms with van der Waals surface area (Å²) < 4.78 is 15.2. The minimum absolute atomic E-state index is 0.00591. The number of nitro groups is 1. The van der Waals surface area contributed by atoms with Crippen LogP contribution in [0, 0.1) is 10.1 Å². The van der Waals surface area contributed by atoms with Crippen LogP contribution in [-0.4, -0.2) is 48.3 Å². The highest BCUT2D eigenvalue weighted by atomic mass is 16.6. The van der Waals surface area contributed by atoms with Crippen molar-refractivity contribution in [2.24, 2.45) is 12.1 Å². The largest absolute Gasteiger partial charge is 0.487 e. The van der Waals surface area contributed by atoms with Crippen molar-refractivity contribution in [2.45, 2.75) is 19.6 Å². The zero-order chi connectivity index (χ0) is 30.9. The van der Waals surface area contributed by atoms with E-state index in [-0.39, 0.29) is 12.3 Å². The summed E-state index contributed by atoms with van der Waals surface area (Å²) in [6.45, 7) is 0.707. The van der Waals surface area contributed by atoms with Crippen molar-refractivity contribution >= 4 is 23.3 Å². The lowest BCUT2D eigenvalue weighted by Gasteiger charge is -2.11. The van der Waals surface area contributed by atoms with Gasteiger partial charge in [-0.1, -0.05) is 16.8 Å². The van der Waals surface area contributed by atoms with Crippen molar-refractivity contribution in [3.8, 4) is 22.8 Å². The van der Waals surface area contributed by atoms with Gasteiger partial charge in [0.2, 0.25) is 5.71 Å². The van der Waals surface area contributed by atoms with Crippen LogP contribution < -0.4 is 15.2 Å². The minimum Gasteiger partial charge on any atom is -0.487 e. The molecule has 3 aromatic heterocycles. The standard InChI is InChI=1S/C16H14N4O3.C16H17N4O/c1-19-15(7-9-18-19)14-10-13(20(21)22)5-6-16(14)23-11-12-4-2-3-8-17-12;1-20-15(7-9-19-20)14-10-12(17)5-6-16(14)21-11-13-4-2-3-8-18-13/h2-10H,11H2,1H3;2-6,8-10H,7,11,17H2,1H3/q;+1. The molecule has 44 heavy (non-hydrogen) atoms. The summed E-state index contributed by atoms with van der Waals surface area (Å²) in [5.41, 5.74) is 11.7. The molecular formula is C32H31N8O4+. The number of pyridine rings is 2. The number of nitrogen functional groups attached to an aromatic ring is 1. The van der Waals surface area contributed by atoms with Gasteiger partial charge in [0.05, 0.1) is 40.2 Å². The van der Waals surface area contributed by atoms with Crippen LogP contribution in [0.5, 0.6) is 11.5 Å². The Balaban J connectivity index is 0.000000175. The Hall–Kier alpha value is -5.91. The summed E-state index contributed by atoms with van der Waals surface area (Å²) in [7, 11) is 3.70. The Bertz CT molecular complexity index is 1800. The minimum atomic E-state index is -0.428. The molecule has 1 aliphatic rings. The second kappa shape index (κ2) is 13.8. The molecular weight excluding hydrogens is 560 g/mol. The van der Waals surface area contributed by atoms with Gasteiger partial charge in [0.1, 0.15) is 24.7 Å². The lowest BCUT2D eigenvalue weighted by atomic mass is 10.1. The van der Waals surface area contributed by atoms with E-state index >= 15 is 0 Å². The normalized spacial score (nSPS) is 12.0. The van der Waals surface area contributed by atoms with Gasteiger partial charge in [0.25, 0.3) is 5.69 Å². The summed E-state index contributed by atoms with van der Waals surface area (Å²) in [5, 5.41) is 19.4. The van der Waals surface area contributed by atoms with E-state index in [0.29, 0.717) is 23.6 Å². The van der Waals surface area contributed by atoms with Crippen molar-refractivity contribution in [3.05, 3.63) is 125 Å². The van der Waals surface area contributed by atoms with Crippen LogP contribution in [0.4, 0.5) is 11.4 Å². The summed E-state index contributed by atoms with van der Waals surface area (Å²) in [6, 6.07) is 23.3. The quantitative estimate of drug-likeness (QED) is 0.109. The summed E-state index contributed by atoms with van der Waals surface area (Å²) in [5.74, 6) is 1.34. The Morgan fingerprint density at radius 1 is 0.886 bits per heavy atom. The number of benzene rings is 2. The number of nitrogens with zero attached hydrogens (tertiary/aromatic N) is 7. The molecule has 0 spiro atoms. The van der Waals surface area contributed by atoms with E-state index in [1.165, 1.54) is 12.1 Å². The molecule has 1 aliphatic heterocycles. The molecule has 2 N–H and O–H groups in total. The number of ether oxygens (including phenoxy) is 2. The Kier molecular flexibility index (Phi) is 9.30. The van der Waals surface area contributed by atoms with E-state index in [9.17, 15) is 10.1 Å². The second-order valence-electron chi connectivity index (χ2n) is 9.73. The zero-order valence-electron chi connectivity index (χ0n) is 24.3. The van der Waals surface area contributed by atoms with Gasteiger partial charge in [-0.15, -0.1) is 0 Å². The number of aromatic nitrogens is 4. The van der Waals surface area contributed by atoms with E-state index in [2.05, 4.69) is 20.2 Å². The topological polar surface area (TPSA) is 147 Å². The van der Waals surface area contributed by atoms with E-state index in [1.54, 1.807) is 42.5 Å². The smallest absolute Gasteiger partial charge is 0.270 e. The average molecular weight is 592 g/mol.